The average molecular weight is 641 g/mol. The molecular formula is C32H40N4O8S. The standard InChI is InChI=1S/C32H40N4O8S/c1-22(2)20-32(45(3,41)42,31(40)34-33-21-36-29(38)24-15-7-8-16-25(24)30(36)39)26(17-11-14-23-12-5-4-6-13-23)28(37)35-44-27-18-9-10-19-43-27/h4-8,11-16,22,26-27,33H,9-10,17-21H2,1-3H3,(H,34,40)(H,35,37)/t26-,27?,32+/m0/s1. The number of carbonyl (C=O) groups is 4. The van der Waals surface area contributed by atoms with Gasteiger partial charge in [0.15, 0.2) is 20.9 Å². The number of nitrogens with one attached hydrogen (secondary N) is 3. The minimum atomic E-state index is -4.30. The van der Waals surface area contributed by atoms with Crippen LogP contribution >= 0.6 is 0 Å². The highest BCUT2D eigenvalue weighted by Gasteiger charge is 2.57. The van der Waals surface area contributed by atoms with Gasteiger partial charge in [-0.15, -0.1) is 0 Å². The number of hydrazine groups is 1. The molecule has 0 aromatic heterocycles. The van der Waals surface area contributed by atoms with Gasteiger partial charge in [0.25, 0.3) is 17.7 Å². The topological polar surface area (TPSA) is 160 Å². The molecule has 1 unspecified atom stereocenters. The third-order valence-electron chi connectivity index (χ3n) is 7.86. The lowest BCUT2D eigenvalue weighted by Crippen LogP contribution is -2.63. The number of hydrogen-bond acceptors (Lipinski definition) is 9. The molecule has 1 saturated heterocycles. The molecule has 45 heavy (non-hydrogen) atoms. The predicted molar refractivity (Wildman–Crippen MR) is 167 cm³/mol. The second kappa shape index (κ2) is 14.9. The molecule has 3 atom stereocenters. The quantitative estimate of drug-likeness (QED) is 0.208. The minimum Gasteiger partial charge on any atom is -0.350 e. The van der Waals surface area contributed by atoms with Crippen LogP contribution in [-0.2, 0) is 29.0 Å². The van der Waals surface area contributed by atoms with Gasteiger partial charge in [0, 0.05) is 19.3 Å². The zero-order valence-electron chi connectivity index (χ0n) is 25.7. The van der Waals surface area contributed by atoms with E-state index in [1.54, 1.807) is 38.1 Å². The molecule has 2 aliphatic rings. The van der Waals surface area contributed by atoms with Crippen LogP contribution < -0.4 is 16.3 Å². The molecule has 2 aromatic rings. The summed E-state index contributed by atoms with van der Waals surface area (Å²) in [4.78, 5) is 59.9. The number of imide groups is 1. The summed E-state index contributed by atoms with van der Waals surface area (Å²) >= 11 is 0. The van der Waals surface area contributed by atoms with E-state index < -0.39 is 57.1 Å². The van der Waals surface area contributed by atoms with E-state index in [1.807, 2.05) is 30.3 Å². The zero-order valence-corrected chi connectivity index (χ0v) is 26.5. The number of allylic oxidation sites excluding steroid dienone is 1. The van der Waals surface area contributed by atoms with E-state index in [-0.39, 0.29) is 29.9 Å². The van der Waals surface area contributed by atoms with E-state index in [4.69, 9.17) is 9.57 Å². The Morgan fingerprint density at radius 3 is 2.27 bits per heavy atom. The molecule has 12 nitrogen and oxygen atoms in total. The first-order valence-electron chi connectivity index (χ1n) is 14.9. The van der Waals surface area contributed by atoms with Crippen LogP contribution in [0.3, 0.4) is 0 Å². The first-order valence-corrected chi connectivity index (χ1v) is 16.8. The van der Waals surface area contributed by atoms with Gasteiger partial charge in [-0.3, -0.25) is 29.5 Å². The number of carbonyl (C=O) groups excluding carboxylic acids is 4. The van der Waals surface area contributed by atoms with Crippen molar-refractivity contribution in [2.24, 2.45) is 11.8 Å². The molecule has 4 rings (SSSR count). The molecule has 3 N–H and O–H groups in total. The van der Waals surface area contributed by atoms with Gasteiger partial charge in [-0.1, -0.05) is 68.5 Å². The summed E-state index contributed by atoms with van der Waals surface area (Å²) in [6.07, 6.45) is 5.53. The number of hydroxylamine groups is 1. The largest absolute Gasteiger partial charge is 0.350 e. The summed E-state index contributed by atoms with van der Waals surface area (Å²) < 4.78 is 30.7. The van der Waals surface area contributed by atoms with Crippen LogP contribution in [0.4, 0.5) is 0 Å². The number of hydrogen-bond donors (Lipinski definition) is 3. The van der Waals surface area contributed by atoms with Gasteiger partial charge in [-0.2, -0.15) is 0 Å². The fraction of sp³-hybridized carbons (Fsp3) is 0.438. The summed E-state index contributed by atoms with van der Waals surface area (Å²) in [5, 5.41) is 0. The molecular weight excluding hydrogens is 600 g/mol. The zero-order chi connectivity index (χ0) is 32.6. The van der Waals surface area contributed by atoms with Crippen molar-refractivity contribution in [3.05, 3.63) is 77.4 Å². The van der Waals surface area contributed by atoms with Crippen LogP contribution in [-0.4, -0.2) is 67.5 Å². The van der Waals surface area contributed by atoms with Crippen LogP contribution in [0.1, 0.15) is 72.2 Å². The summed E-state index contributed by atoms with van der Waals surface area (Å²) in [5.74, 6) is -4.68. The Morgan fingerprint density at radius 1 is 1.04 bits per heavy atom. The SMILES string of the molecule is CC(C)C[C@](C(=O)NNCN1C(=O)c2ccccc2C1=O)([C@@H](CC=Cc1ccccc1)C(=O)NOC1CCCCO1)S(C)(=O)=O. The molecule has 2 aromatic carbocycles. The number of amides is 4. The van der Waals surface area contributed by atoms with E-state index in [0.29, 0.717) is 13.0 Å². The molecule has 4 amide bonds. The molecule has 0 radical (unpaired) electrons. The summed E-state index contributed by atoms with van der Waals surface area (Å²) in [6.45, 7) is 3.54. The summed E-state index contributed by atoms with van der Waals surface area (Å²) in [6, 6.07) is 15.6. The van der Waals surface area contributed by atoms with Crippen LogP contribution in [0.2, 0.25) is 0 Å². The van der Waals surface area contributed by atoms with Crippen molar-refractivity contribution in [2.75, 3.05) is 19.5 Å². The molecule has 2 aliphatic heterocycles. The molecule has 0 saturated carbocycles. The second-order valence-electron chi connectivity index (χ2n) is 11.6. The van der Waals surface area contributed by atoms with Gasteiger partial charge in [0.2, 0.25) is 5.91 Å². The fourth-order valence-corrected chi connectivity index (χ4v) is 7.42. The third-order valence-corrected chi connectivity index (χ3v) is 9.82. The highest BCUT2D eigenvalue weighted by Crippen LogP contribution is 2.37. The number of sulfone groups is 1. The van der Waals surface area contributed by atoms with Crippen LogP contribution in [0.25, 0.3) is 6.08 Å². The summed E-state index contributed by atoms with van der Waals surface area (Å²) in [5.41, 5.74) is 8.59. The number of rotatable bonds is 14. The normalized spacial score (nSPS) is 18.9. The van der Waals surface area contributed by atoms with E-state index in [2.05, 4.69) is 16.3 Å². The first kappa shape index (κ1) is 34.0. The van der Waals surface area contributed by atoms with Gasteiger partial charge in [0.1, 0.15) is 0 Å². The lowest BCUT2D eigenvalue weighted by molar-refractivity contribution is -0.202. The van der Waals surface area contributed by atoms with Gasteiger partial charge in [-0.25, -0.2) is 24.2 Å². The maximum Gasteiger partial charge on any atom is 0.262 e. The number of ether oxygens (including phenoxy) is 1. The third kappa shape index (κ3) is 7.85. The van der Waals surface area contributed by atoms with E-state index >= 15 is 0 Å². The van der Waals surface area contributed by atoms with Crippen LogP contribution in [0, 0.1) is 11.8 Å². The maximum atomic E-state index is 14.1. The van der Waals surface area contributed by atoms with E-state index in [9.17, 15) is 27.6 Å². The molecule has 0 aliphatic carbocycles. The van der Waals surface area contributed by atoms with Crippen molar-refractivity contribution in [3.63, 3.8) is 0 Å². The molecule has 242 valence electrons. The highest BCUT2D eigenvalue weighted by atomic mass is 32.2. The maximum absolute atomic E-state index is 14.1. The van der Waals surface area contributed by atoms with E-state index in [1.165, 1.54) is 12.1 Å². The Morgan fingerprint density at radius 2 is 1.69 bits per heavy atom. The highest BCUT2D eigenvalue weighted by molar-refractivity contribution is 7.93. The van der Waals surface area contributed by atoms with Crippen LogP contribution in [0.5, 0.6) is 0 Å². The number of benzene rings is 2. The Hall–Kier alpha value is -3.91. The molecule has 0 bridgehead atoms. The number of fused-ring (bicyclic) bond motifs is 1. The van der Waals surface area contributed by atoms with Crippen molar-refractivity contribution >= 4 is 39.5 Å². The smallest absolute Gasteiger partial charge is 0.262 e. The van der Waals surface area contributed by atoms with Crippen molar-refractivity contribution in [3.8, 4) is 0 Å². The molecule has 0 spiro atoms. The monoisotopic (exact) mass is 640 g/mol. The molecule has 1 fully saturated rings. The predicted octanol–water partition coefficient (Wildman–Crippen LogP) is 2.98. The van der Waals surface area contributed by atoms with Gasteiger partial charge in [-0.05, 0) is 49.3 Å². The average Bonchev–Trinajstić information content (AvgIpc) is 3.26. The van der Waals surface area contributed by atoms with Crippen molar-refractivity contribution in [1.29, 1.82) is 0 Å². The van der Waals surface area contributed by atoms with Gasteiger partial charge in [0.05, 0.1) is 23.7 Å². The minimum absolute atomic E-state index is 0.124. The van der Waals surface area contributed by atoms with Crippen molar-refractivity contribution in [2.45, 2.75) is 57.0 Å². The Labute approximate surface area is 263 Å². The lowest BCUT2D eigenvalue weighted by atomic mass is 9.81. The number of nitrogens with zero attached hydrogens (tertiary/aromatic N) is 1. The summed E-state index contributed by atoms with van der Waals surface area (Å²) in [7, 11) is -4.30. The molecule has 13 heteroatoms. The Bertz CT molecular complexity index is 1490. The first-order chi connectivity index (χ1) is 21.5. The van der Waals surface area contributed by atoms with Crippen molar-refractivity contribution in [1.82, 2.24) is 21.2 Å². The Kier molecular flexibility index (Phi) is 11.3. The fourth-order valence-electron chi connectivity index (χ4n) is 5.68. The van der Waals surface area contributed by atoms with E-state index in [0.717, 1.165) is 29.6 Å². The van der Waals surface area contributed by atoms with Crippen molar-refractivity contribution < 1.29 is 37.2 Å². The van der Waals surface area contributed by atoms with Gasteiger partial charge < -0.3 is 4.74 Å². The lowest BCUT2D eigenvalue weighted by Gasteiger charge is -2.38. The van der Waals surface area contributed by atoms with Gasteiger partial charge >= 0.3 is 0 Å². The Balaban J connectivity index is 1.61. The molecule has 2 heterocycles. The second-order valence-corrected chi connectivity index (χ2v) is 13.9. The van der Waals surface area contributed by atoms with Crippen LogP contribution in [0.15, 0.2) is 60.7 Å².